The third kappa shape index (κ3) is 4.14. The second-order valence-corrected chi connectivity index (χ2v) is 4.58. The van der Waals surface area contributed by atoms with Crippen molar-refractivity contribution >= 4 is 17.5 Å². The molecule has 4 nitrogen and oxygen atoms in total. The molecule has 2 amide bonds. The summed E-state index contributed by atoms with van der Waals surface area (Å²) in [6.45, 7) is 2.01. The summed E-state index contributed by atoms with van der Waals surface area (Å²) in [4.78, 5) is 23.5. The van der Waals surface area contributed by atoms with Gasteiger partial charge >= 0.3 is 11.8 Å². The first-order chi connectivity index (χ1) is 10.1. The number of para-hydroxylation sites is 1. The third-order valence-electron chi connectivity index (χ3n) is 2.97. The van der Waals surface area contributed by atoms with E-state index in [1.165, 1.54) is 12.1 Å². The maximum Gasteiger partial charge on any atom is 0.313 e. The zero-order valence-corrected chi connectivity index (χ0v) is 11.5. The molecule has 0 aliphatic carbocycles. The normalized spacial score (nSPS) is 10.0. The minimum absolute atomic E-state index is 0.167. The molecular formula is C16H15FN2O2. The van der Waals surface area contributed by atoms with Crippen LogP contribution in [0.1, 0.15) is 11.1 Å². The Kier molecular flexibility index (Phi) is 4.66. The molecule has 0 aromatic heterocycles. The van der Waals surface area contributed by atoms with Gasteiger partial charge in [0.2, 0.25) is 0 Å². The highest BCUT2D eigenvalue weighted by molar-refractivity contribution is 6.39. The summed E-state index contributed by atoms with van der Waals surface area (Å²) in [6, 6.07) is 12.9. The Morgan fingerprint density at radius 3 is 2.33 bits per heavy atom. The molecule has 21 heavy (non-hydrogen) atoms. The number of hydrogen-bond donors (Lipinski definition) is 2. The SMILES string of the molecule is Cc1ccccc1NC(=O)C(=O)NCc1ccc(F)cc1. The second-order valence-electron chi connectivity index (χ2n) is 4.58. The number of amides is 2. The maximum atomic E-state index is 12.7. The standard InChI is InChI=1S/C16H15FN2O2/c1-11-4-2-3-5-14(11)19-16(21)15(20)18-10-12-6-8-13(17)9-7-12/h2-9H,10H2,1H3,(H,18,20)(H,19,21). The number of halogens is 1. The van der Waals surface area contributed by atoms with Gasteiger partial charge in [-0.05, 0) is 36.2 Å². The highest BCUT2D eigenvalue weighted by Crippen LogP contribution is 2.12. The van der Waals surface area contributed by atoms with Gasteiger partial charge in [-0.25, -0.2) is 4.39 Å². The predicted molar refractivity (Wildman–Crippen MR) is 78.1 cm³/mol. The van der Waals surface area contributed by atoms with Crippen LogP contribution in [-0.4, -0.2) is 11.8 Å². The number of rotatable bonds is 3. The van der Waals surface area contributed by atoms with Crippen LogP contribution in [0.2, 0.25) is 0 Å². The first-order valence-corrected chi connectivity index (χ1v) is 6.45. The Morgan fingerprint density at radius 2 is 1.67 bits per heavy atom. The van der Waals surface area contributed by atoms with Gasteiger partial charge in [0.15, 0.2) is 0 Å². The van der Waals surface area contributed by atoms with E-state index >= 15 is 0 Å². The van der Waals surface area contributed by atoms with Gasteiger partial charge < -0.3 is 10.6 Å². The Bertz CT molecular complexity index is 654. The molecule has 0 saturated carbocycles. The fraction of sp³-hybridized carbons (Fsp3) is 0.125. The number of nitrogens with one attached hydrogen (secondary N) is 2. The first kappa shape index (κ1) is 14.7. The lowest BCUT2D eigenvalue weighted by Gasteiger charge is -2.08. The van der Waals surface area contributed by atoms with Crippen molar-refractivity contribution in [3.05, 3.63) is 65.5 Å². The molecule has 0 fully saturated rings. The van der Waals surface area contributed by atoms with Crippen LogP contribution in [0.4, 0.5) is 10.1 Å². The Morgan fingerprint density at radius 1 is 1.00 bits per heavy atom. The molecule has 0 spiro atoms. The van der Waals surface area contributed by atoms with E-state index in [1.807, 2.05) is 19.1 Å². The molecule has 2 aromatic rings. The maximum absolute atomic E-state index is 12.7. The van der Waals surface area contributed by atoms with E-state index in [0.29, 0.717) is 11.3 Å². The smallest absolute Gasteiger partial charge is 0.313 e. The Hall–Kier alpha value is -2.69. The van der Waals surface area contributed by atoms with Crippen LogP contribution in [0.15, 0.2) is 48.5 Å². The summed E-state index contributed by atoms with van der Waals surface area (Å²) in [7, 11) is 0. The zero-order chi connectivity index (χ0) is 15.2. The molecule has 2 N–H and O–H groups in total. The van der Waals surface area contributed by atoms with E-state index in [2.05, 4.69) is 10.6 Å². The van der Waals surface area contributed by atoms with Crippen molar-refractivity contribution in [2.24, 2.45) is 0 Å². The van der Waals surface area contributed by atoms with Crippen LogP contribution in [0.3, 0.4) is 0 Å². The molecule has 0 aliphatic rings. The third-order valence-corrected chi connectivity index (χ3v) is 2.97. The van der Waals surface area contributed by atoms with Crippen molar-refractivity contribution in [1.29, 1.82) is 0 Å². The van der Waals surface area contributed by atoms with Crippen LogP contribution in [-0.2, 0) is 16.1 Å². The fourth-order valence-corrected chi connectivity index (χ4v) is 1.76. The van der Waals surface area contributed by atoms with Crippen LogP contribution in [0.5, 0.6) is 0 Å². The largest absolute Gasteiger partial charge is 0.344 e. The van der Waals surface area contributed by atoms with Gasteiger partial charge in [0.25, 0.3) is 0 Å². The second kappa shape index (κ2) is 6.65. The van der Waals surface area contributed by atoms with E-state index in [4.69, 9.17) is 0 Å². The number of hydrogen-bond acceptors (Lipinski definition) is 2. The minimum Gasteiger partial charge on any atom is -0.344 e. The first-order valence-electron chi connectivity index (χ1n) is 6.45. The number of anilines is 1. The molecule has 0 saturated heterocycles. The van der Waals surface area contributed by atoms with E-state index in [0.717, 1.165) is 5.56 Å². The van der Waals surface area contributed by atoms with Crippen molar-refractivity contribution in [2.45, 2.75) is 13.5 Å². The van der Waals surface area contributed by atoms with Gasteiger partial charge in [-0.2, -0.15) is 0 Å². The number of benzene rings is 2. The highest BCUT2D eigenvalue weighted by atomic mass is 19.1. The Balaban J connectivity index is 1.90. The molecule has 0 aliphatic heterocycles. The lowest BCUT2D eigenvalue weighted by molar-refractivity contribution is -0.136. The van der Waals surface area contributed by atoms with Gasteiger partial charge in [0, 0.05) is 12.2 Å². The summed E-state index contributed by atoms with van der Waals surface area (Å²) in [5.41, 5.74) is 2.19. The van der Waals surface area contributed by atoms with E-state index < -0.39 is 11.8 Å². The average molecular weight is 286 g/mol. The van der Waals surface area contributed by atoms with Crippen molar-refractivity contribution in [3.8, 4) is 0 Å². The quantitative estimate of drug-likeness (QED) is 0.851. The summed E-state index contributed by atoms with van der Waals surface area (Å²) in [5, 5.41) is 5.03. The summed E-state index contributed by atoms with van der Waals surface area (Å²) >= 11 is 0. The molecule has 0 atom stereocenters. The molecule has 2 aromatic carbocycles. The predicted octanol–water partition coefficient (Wildman–Crippen LogP) is 2.39. The lowest BCUT2D eigenvalue weighted by atomic mass is 10.2. The molecule has 0 unspecified atom stereocenters. The molecule has 0 heterocycles. The lowest BCUT2D eigenvalue weighted by Crippen LogP contribution is -2.35. The summed E-state index contributed by atoms with van der Waals surface area (Å²) in [6.07, 6.45) is 0. The van der Waals surface area contributed by atoms with Gasteiger partial charge in [0.05, 0.1) is 0 Å². The topological polar surface area (TPSA) is 58.2 Å². The van der Waals surface area contributed by atoms with Gasteiger partial charge in [-0.15, -0.1) is 0 Å². The number of carbonyl (C=O) groups is 2. The van der Waals surface area contributed by atoms with Crippen molar-refractivity contribution in [2.75, 3.05) is 5.32 Å². The molecular weight excluding hydrogens is 271 g/mol. The summed E-state index contributed by atoms with van der Waals surface area (Å²) < 4.78 is 12.7. The van der Waals surface area contributed by atoms with E-state index in [9.17, 15) is 14.0 Å². The number of carbonyl (C=O) groups excluding carboxylic acids is 2. The van der Waals surface area contributed by atoms with Gasteiger partial charge in [-0.1, -0.05) is 30.3 Å². The van der Waals surface area contributed by atoms with Crippen LogP contribution in [0, 0.1) is 12.7 Å². The molecule has 2 rings (SSSR count). The van der Waals surface area contributed by atoms with Gasteiger partial charge in [-0.3, -0.25) is 9.59 Å². The molecule has 0 bridgehead atoms. The van der Waals surface area contributed by atoms with E-state index in [1.54, 1.807) is 24.3 Å². The zero-order valence-electron chi connectivity index (χ0n) is 11.5. The van der Waals surface area contributed by atoms with Crippen molar-refractivity contribution < 1.29 is 14.0 Å². The van der Waals surface area contributed by atoms with Crippen LogP contribution >= 0.6 is 0 Å². The molecule has 0 radical (unpaired) electrons. The van der Waals surface area contributed by atoms with Crippen molar-refractivity contribution in [1.82, 2.24) is 5.32 Å². The highest BCUT2D eigenvalue weighted by Gasteiger charge is 2.13. The van der Waals surface area contributed by atoms with Gasteiger partial charge in [0.1, 0.15) is 5.82 Å². The van der Waals surface area contributed by atoms with E-state index in [-0.39, 0.29) is 12.4 Å². The minimum atomic E-state index is -0.734. The summed E-state index contributed by atoms with van der Waals surface area (Å²) in [5.74, 6) is -1.81. The van der Waals surface area contributed by atoms with Crippen LogP contribution in [0.25, 0.3) is 0 Å². The molecule has 5 heteroatoms. The van der Waals surface area contributed by atoms with Crippen LogP contribution < -0.4 is 10.6 Å². The fourth-order valence-electron chi connectivity index (χ4n) is 1.76. The average Bonchev–Trinajstić information content (AvgIpc) is 2.48. The molecule has 108 valence electrons. The van der Waals surface area contributed by atoms with Crippen molar-refractivity contribution in [3.63, 3.8) is 0 Å². The monoisotopic (exact) mass is 286 g/mol. The number of aryl methyl sites for hydroxylation is 1. The Labute approximate surface area is 122 Å².